The number of piperidine rings is 1. The van der Waals surface area contributed by atoms with Crippen molar-refractivity contribution < 1.29 is 13.9 Å². The summed E-state index contributed by atoms with van der Waals surface area (Å²) in [6, 6.07) is 12.9. The molecule has 9 nitrogen and oxygen atoms in total. The molecule has 1 aliphatic heterocycles. The first-order valence-electron chi connectivity index (χ1n) is 11.8. The molecule has 1 amide bonds. The van der Waals surface area contributed by atoms with Gasteiger partial charge in [-0.2, -0.15) is 0 Å². The Hall–Kier alpha value is -4.18. The molecule has 0 spiro atoms. The fourth-order valence-corrected chi connectivity index (χ4v) is 4.73. The Labute approximate surface area is 206 Å². The number of imidazole rings is 1. The molecule has 3 heterocycles. The van der Waals surface area contributed by atoms with Crippen LogP contribution in [-0.2, 0) is 6.54 Å². The van der Waals surface area contributed by atoms with Gasteiger partial charge in [0.05, 0.1) is 29.9 Å². The third-order valence-corrected chi connectivity index (χ3v) is 6.50. The van der Waals surface area contributed by atoms with Gasteiger partial charge in [0, 0.05) is 25.4 Å². The Bertz CT molecular complexity index is 1470. The van der Waals surface area contributed by atoms with Crippen molar-refractivity contribution in [3.63, 3.8) is 0 Å². The van der Waals surface area contributed by atoms with Crippen LogP contribution in [0.25, 0.3) is 16.7 Å². The molecule has 0 unspecified atom stereocenters. The zero-order chi connectivity index (χ0) is 25.2. The molecule has 2 aromatic carbocycles. The first-order chi connectivity index (χ1) is 17.5. The molecule has 0 saturated carbocycles. The van der Waals surface area contributed by atoms with E-state index < -0.39 is 5.82 Å². The topological polar surface area (TPSA) is 116 Å². The quantitative estimate of drug-likeness (QED) is 0.383. The van der Waals surface area contributed by atoms with E-state index in [1.54, 1.807) is 10.8 Å². The van der Waals surface area contributed by atoms with Crippen molar-refractivity contribution in [2.45, 2.75) is 25.4 Å². The van der Waals surface area contributed by atoms with Crippen molar-refractivity contribution in [2.24, 2.45) is 0 Å². The van der Waals surface area contributed by atoms with Crippen LogP contribution in [0.5, 0.6) is 5.75 Å². The maximum Gasteiger partial charge on any atom is 0.334 e. The number of anilines is 1. The maximum atomic E-state index is 13.6. The van der Waals surface area contributed by atoms with Gasteiger partial charge in [-0.15, -0.1) is 0 Å². The van der Waals surface area contributed by atoms with Gasteiger partial charge in [0.2, 0.25) is 0 Å². The van der Waals surface area contributed by atoms with Gasteiger partial charge in [0.15, 0.2) is 0 Å². The van der Waals surface area contributed by atoms with Gasteiger partial charge < -0.3 is 21.1 Å². The molecule has 1 atom stereocenters. The van der Waals surface area contributed by atoms with Crippen molar-refractivity contribution in [3.05, 3.63) is 82.2 Å². The summed E-state index contributed by atoms with van der Waals surface area (Å²) >= 11 is 0. The molecule has 1 aliphatic rings. The van der Waals surface area contributed by atoms with Crippen molar-refractivity contribution >= 4 is 22.8 Å². The van der Waals surface area contributed by atoms with Crippen LogP contribution in [0.4, 0.5) is 10.2 Å². The highest BCUT2D eigenvalue weighted by Gasteiger charge is 2.24. The molecule has 0 bridgehead atoms. The molecular weight excluding hydrogens is 463 g/mol. The number of nitrogen functional groups attached to an aromatic ring is 1. The van der Waals surface area contributed by atoms with Crippen molar-refractivity contribution in [1.82, 2.24) is 24.8 Å². The van der Waals surface area contributed by atoms with Crippen molar-refractivity contribution in [1.29, 1.82) is 0 Å². The highest BCUT2D eigenvalue weighted by atomic mass is 19.1. The van der Waals surface area contributed by atoms with E-state index in [2.05, 4.69) is 15.6 Å². The number of nitrogens with one attached hydrogen (secondary N) is 2. The van der Waals surface area contributed by atoms with Gasteiger partial charge in [-0.05, 0) is 55.3 Å². The monoisotopic (exact) mass is 490 g/mol. The summed E-state index contributed by atoms with van der Waals surface area (Å²) in [7, 11) is 1.39. The smallest absolute Gasteiger partial charge is 0.334 e. The highest BCUT2D eigenvalue weighted by Crippen LogP contribution is 2.26. The minimum Gasteiger partial charge on any atom is -0.496 e. The summed E-state index contributed by atoms with van der Waals surface area (Å²) in [4.78, 5) is 30.4. The number of ether oxygens (including phenoxy) is 1. The molecule has 0 radical (unpaired) electrons. The number of aromatic nitrogens is 3. The fourth-order valence-electron chi connectivity index (χ4n) is 4.73. The van der Waals surface area contributed by atoms with Gasteiger partial charge in [0.1, 0.15) is 22.9 Å². The lowest BCUT2D eigenvalue weighted by molar-refractivity contribution is 0.0948. The number of nitrogens with zero attached hydrogens (tertiary/aromatic N) is 3. The van der Waals surface area contributed by atoms with Crippen molar-refractivity contribution in [3.8, 4) is 11.4 Å². The second kappa shape index (κ2) is 9.82. The zero-order valence-electron chi connectivity index (χ0n) is 19.8. The third kappa shape index (κ3) is 4.31. The highest BCUT2D eigenvalue weighted by molar-refractivity contribution is 5.96. The number of halogens is 1. The van der Waals surface area contributed by atoms with Crippen LogP contribution in [0, 0.1) is 5.82 Å². The summed E-state index contributed by atoms with van der Waals surface area (Å²) in [5.74, 6) is -0.406. The van der Waals surface area contributed by atoms with Gasteiger partial charge in [-0.1, -0.05) is 12.1 Å². The first-order valence-corrected chi connectivity index (χ1v) is 11.8. The lowest BCUT2D eigenvalue weighted by atomic mass is 10.1. The third-order valence-electron chi connectivity index (χ3n) is 6.50. The van der Waals surface area contributed by atoms with Gasteiger partial charge in [-0.3, -0.25) is 13.9 Å². The number of hydrogen-bond acceptors (Lipinski definition) is 6. The molecular formula is C26H27FN6O3. The van der Waals surface area contributed by atoms with E-state index in [0.717, 1.165) is 37.0 Å². The van der Waals surface area contributed by atoms with Crippen LogP contribution >= 0.6 is 0 Å². The van der Waals surface area contributed by atoms with Crippen molar-refractivity contribution in [2.75, 3.05) is 25.9 Å². The molecule has 5 rings (SSSR count). The molecule has 186 valence electrons. The van der Waals surface area contributed by atoms with E-state index >= 15 is 0 Å². The molecule has 0 aliphatic carbocycles. The summed E-state index contributed by atoms with van der Waals surface area (Å²) in [5.41, 5.74) is 9.12. The Balaban J connectivity index is 1.42. The predicted octanol–water partition coefficient (Wildman–Crippen LogP) is 2.77. The van der Waals surface area contributed by atoms with Crippen LogP contribution in [0.1, 0.15) is 34.8 Å². The first kappa shape index (κ1) is 23.6. The van der Waals surface area contributed by atoms with Crippen LogP contribution < -0.4 is 26.8 Å². The largest absolute Gasteiger partial charge is 0.496 e. The molecule has 2 aromatic heterocycles. The van der Waals surface area contributed by atoms with Crippen LogP contribution in [0.2, 0.25) is 0 Å². The zero-order valence-corrected chi connectivity index (χ0v) is 19.8. The standard InChI is InChI=1S/C26H27FN6O3/c1-36-22-13-17(27)6-9-20(22)25(34)31-14-16-4-7-18(8-5-16)33-23-21(10-12-30-24(23)28)32(26(33)35)19-3-2-11-29-15-19/h4-10,12-13,19,29H,2-3,11,14-15H2,1H3,(H2,28,30)(H,31,34)/t19-/m1/s1. The van der Waals surface area contributed by atoms with E-state index in [9.17, 15) is 14.0 Å². The fraction of sp³-hybridized carbons (Fsp3) is 0.269. The second-order valence-corrected chi connectivity index (χ2v) is 8.75. The number of benzene rings is 2. The lowest BCUT2D eigenvalue weighted by Crippen LogP contribution is -2.36. The van der Waals surface area contributed by atoms with E-state index in [-0.39, 0.29) is 41.3 Å². The molecule has 36 heavy (non-hydrogen) atoms. The number of hydrogen-bond donors (Lipinski definition) is 3. The molecule has 1 saturated heterocycles. The van der Waals surface area contributed by atoms with E-state index in [1.807, 2.05) is 34.9 Å². The van der Waals surface area contributed by atoms with Gasteiger partial charge >= 0.3 is 5.69 Å². The summed E-state index contributed by atoms with van der Waals surface area (Å²) in [6.45, 7) is 1.91. The molecule has 10 heteroatoms. The normalized spacial score (nSPS) is 15.7. The van der Waals surface area contributed by atoms with Crippen LogP contribution in [0.3, 0.4) is 0 Å². The van der Waals surface area contributed by atoms with Crippen LogP contribution in [-0.4, -0.2) is 40.2 Å². The summed E-state index contributed by atoms with van der Waals surface area (Å²) in [5, 5.41) is 6.18. The molecule has 4 aromatic rings. The summed E-state index contributed by atoms with van der Waals surface area (Å²) in [6.07, 6.45) is 3.52. The van der Waals surface area contributed by atoms with Crippen LogP contribution in [0.15, 0.2) is 59.5 Å². The average Bonchev–Trinajstić information content (AvgIpc) is 3.20. The number of fused-ring (bicyclic) bond motifs is 1. The number of carbonyl (C=O) groups is 1. The maximum absolute atomic E-state index is 13.6. The SMILES string of the molecule is COc1cc(F)ccc1C(=O)NCc1ccc(-n2c(=O)n([C@@H]3CCCNC3)c3ccnc(N)c32)cc1. The van der Waals surface area contributed by atoms with Gasteiger partial charge in [0.25, 0.3) is 5.91 Å². The number of rotatable bonds is 6. The predicted molar refractivity (Wildman–Crippen MR) is 135 cm³/mol. The Morgan fingerprint density at radius 1 is 1.25 bits per heavy atom. The second-order valence-electron chi connectivity index (χ2n) is 8.75. The summed E-state index contributed by atoms with van der Waals surface area (Å²) < 4.78 is 21.9. The van der Waals surface area contributed by atoms with E-state index in [4.69, 9.17) is 10.5 Å². The minimum absolute atomic E-state index is 0.0368. The Morgan fingerprint density at radius 3 is 2.78 bits per heavy atom. The molecule has 1 fully saturated rings. The Kier molecular flexibility index (Phi) is 6.43. The Morgan fingerprint density at radius 2 is 2.06 bits per heavy atom. The van der Waals surface area contributed by atoms with Gasteiger partial charge in [-0.25, -0.2) is 14.2 Å². The number of pyridine rings is 1. The van der Waals surface area contributed by atoms with E-state index in [1.165, 1.54) is 25.3 Å². The number of methoxy groups -OCH3 is 1. The number of carbonyl (C=O) groups excluding carboxylic acids is 1. The average molecular weight is 491 g/mol. The lowest BCUT2D eigenvalue weighted by Gasteiger charge is -2.23. The minimum atomic E-state index is -0.480. The van der Waals surface area contributed by atoms with E-state index in [0.29, 0.717) is 11.2 Å². The number of nitrogens with two attached hydrogens (primary N) is 1. The number of amides is 1. The molecule has 4 N–H and O–H groups in total.